The summed E-state index contributed by atoms with van der Waals surface area (Å²) in [6.45, 7) is 0.622. The van der Waals surface area contributed by atoms with Crippen molar-refractivity contribution in [3.63, 3.8) is 0 Å². The van der Waals surface area contributed by atoms with Crippen molar-refractivity contribution in [3.05, 3.63) is 65.5 Å². The van der Waals surface area contributed by atoms with Gasteiger partial charge in [0.15, 0.2) is 5.11 Å². The van der Waals surface area contributed by atoms with Gasteiger partial charge in [0.25, 0.3) is 0 Å². The van der Waals surface area contributed by atoms with Crippen LogP contribution in [0.15, 0.2) is 48.5 Å². The van der Waals surface area contributed by atoms with Crippen molar-refractivity contribution in [1.82, 2.24) is 5.32 Å². The van der Waals surface area contributed by atoms with Crippen LogP contribution in [0.4, 0.5) is 23.2 Å². The molecular weight excluding hydrogens is 384 g/mol. The van der Waals surface area contributed by atoms with Gasteiger partial charge in [-0.15, -0.1) is 0 Å². The molecule has 140 valence electrons. The second-order valence-electron chi connectivity index (χ2n) is 5.45. The lowest BCUT2D eigenvalue weighted by atomic mass is 10.2. The van der Waals surface area contributed by atoms with Crippen LogP contribution in [-0.4, -0.2) is 17.4 Å². The lowest BCUT2D eigenvalue weighted by molar-refractivity contribution is -0.137. The minimum Gasteiger partial charge on any atom is -0.362 e. The number of benzene rings is 2. The SMILES string of the molecule is Fc1ccccc1CSCCCNC(=S)Nc1ccc(C(F)(F)F)cc1. The molecule has 0 bridgehead atoms. The Labute approximate surface area is 159 Å². The number of alkyl halides is 3. The van der Waals surface area contributed by atoms with Gasteiger partial charge in [0, 0.05) is 18.0 Å². The molecule has 2 rings (SSSR count). The number of anilines is 1. The highest BCUT2D eigenvalue weighted by Gasteiger charge is 2.29. The fraction of sp³-hybridized carbons (Fsp3) is 0.278. The molecule has 0 saturated carbocycles. The number of thioether (sulfide) groups is 1. The zero-order valence-electron chi connectivity index (χ0n) is 13.8. The molecule has 0 atom stereocenters. The van der Waals surface area contributed by atoms with Crippen LogP contribution in [0, 0.1) is 5.82 Å². The first-order chi connectivity index (χ1) is 12.4. The quantitative estimate of drug-likeness (QED) is 0.365. The molecule has 0 saturated heterocycles. The van der Waals surface area contributed by atoms with Crippen LogP contribution < -0.4 is 10.6 Å². The van der Waals surface area contributed by atoms with Gasteiger partial charge in [-0.3, -0.25) is 0 Å². The largest absolute Gasteiger partial charge is 0.416 e. The van der Waals surface area contributed by atoms with E-state index in [1.54, 1.807) is 23.9 Å². The van der Waals surface area contributed by atoms with Gasteiger partial charge >= 0.3 is 6.18 Å². The number of rotatable bonds is 7. The maximum Gasteiger partial charge on any atom is 0.416 e. The number of thiocarbonyl (C=S) groups is 1. The highest BCUT2D eigenvalue weighted by Crippen LogP contribution is 2.29. The predicted octanol–water partition coefficient (Wildman–Crippen LogP) is 5.45. The summed E-state index contributed by atoms with van der Waals surface area (Å²) >= 11 is 6.74. The Balaban J connectivity index is 1.62. The van der Waals surface area contributed by atoms with Gasteiger partial charge in [0.1, 0.15) is 5.82 Å². The number of hydrogen-bond donors (Lipinski definition) is 2. The second kappa shape index (κ2) is 9.78. The lowest BCUT2D eigenvalue weighted by Gasteiger charge is -2.12. The van der Waals surface area contributed by atoms with Crippen LogP contribution in [-0.2, 0) is 11.9 Å². The van der Waals surface area contributed by atoms with E-state index >= 15 is 0 Å². The Morgan fingerprint density at radius 3 is 2.38 bits per heavy atom. The minimum absolute atomic E-state index is 0.194. The van der Waals surface area contributed by atoms with Crippen molar-refractivity contribution in [1.29, 1.82) is 0 Å². The predicted molar refractivity (Wildman–Crippen MR) is 103 cm³/mol. The third-order valence-corrected chi connectivity index (χ3v) is 4.78. The van der Waals surface area contributed by atoms with E-state index in [9.17, 15) is 17.6 Å². The Morgan fingerprint density at radius 2 is 1.73 bits per heavy atom. The Morgan fingerprint density at radius 1 is 1.04 bits per heavy atom. The van der Waals surface area contributed by atoms with Crippen LogP contribution in [0.3, 0.4) is 0 Å². The van der Waals surface area contributed by atoms with E-state index in [2.05, 4.69) is 10.6 Å². The van der Waals surface area contributed by atoms with Crippen LogP contribution in [0.2, 0.25) is 0 Å². The van der Waals surface area contributed by atoms with Gasteiger partial charge in [-0.2, -0.15) is 24.9 Å². The molecule has 0 aliphatic heterocycles. The number of halogens is 4. The summed E-state index contributed by atoms with van der Waals surface area (Å²) in [6, 6.07) is 11.4. The van der Waals surface area contributed by atoms with Crippen molar-refractivity contribution in [2.45, 2.75) is 18.3 Å². The molecule has 0 spiro atoms. The van der Waals surface area contributed by atoms with Crippen LogP contribution in [0.25, 0.3) is 0 Å². The third-order valence-electron chi connectivity index (χ3n) is 3.44. The van der Waals surface area contributed by atoms with Crippen LogP contribution in [0.5, 0.6) is 0 Å². The van der Waals surface area contributed by atoms with Crippen molar-refractivity contribution in [3.8, 4) is 0 Å². The fourth-order valence-electron chi connectivity index (χ4n) is 2.09. The standard InChI is InChI=1S/C18H18F4N2S2/c19-16-5-2-1-4-13(16)12-26-11-3-10-23-17(25)24-15-8-6-14(7-9-15)18(20,21)22/h1-2,4-9H,3,10-12H2,(H2,23,24,25). The first-order valence-corrected chi connectivity index (χ1v) is 9.46. The molecule has 0 aliphatic carbocycles. The summed E-state index contributed by atoms with van der Waals surface area (Å²) in [5.41, 5.74) is 0.475. The average Bonchev–Trinajstić information content (AvgIpc) is 2.59. The van der Waals surface area contributed by atoms with E-state index < -0.39 is 11.7 Å². The molecule has 2 aromatic rings. The first-order valence-electron chi connectivity index (χ1n) is 7.89. The monoisotopic (exact) mass is 402 g/mol. The van der Waals surface area contributed by atoms with Gasteiger partial charge in [-0.25, -0.2) is 4.39 Å². The molecule has 0 unspecified atom stereocenters. The highest BCUT2D eigenvalue weighted by atomic mass is 32.2. The van der Waals surface area contributed by atoms with Crippen molar-refractivity contribution < 1.29 is 17.6 Å². The Kier molecular flexibility index (Phi) is 7.71. The maximum atomic E-state index is 13.5. The van der Waals surface area contributed by atoms with Gasteiger partial charge in [0.2, 0.25) is 0 Å². The second-order valence-corrected chi connectivity index (χ2v) is 6.97. The third kappa shape index (κ3) is 6.84. The van der Waals surface area contributed by atoms with E-state index in [1.165, 1.54) is 18.2 Å². The van der Waals surface area contributed by atoms with Gasteiger partial charge in [0.05, 0.1) is 5.56 Å². The summed E-state index contributed by atoms with van der Waals surface area (Å²) in [6.07, 6.45) is -3.52. The molecule has 8 heteroatoms. The molecule has 0 aliphatic rings. The summed E-state index contributed by atoms with van der Waals surface area (Å²) < 4.78 is 51.0. The topological polar surface area (TPSA) is 24.1 Å². The van der Waals surface area contributed by atoms with Gasteiger partial charge in [-0.05, 0) is 60.3 Å². The molecule has 26 heavy (non-hydrogen) atoms. The summed E-state index contributed by atoms with van der Waals surface area (Å²) in [5.74, 6) is 1.26. The molecule has 0 fully saturated rings. The molecule has 2 nitrogen and oxygen atoms in total. The van der Waals surface area contributed by atoms with Crippen LogP contribution in [0.1, 0.15) is 17.5 Å². The molecular formula is C18H18F4N2S2. The Bertz CT molecular complexity index is 718. The molecule has 2 aromatic carbocycles. The minimum atomic E-state index is -4.35. The maximum absolute atomic E-state index is 13.5. The number of nitrogens with one attached hydrogen (secondary N) is 2. The molecule has 0 aromatic heterocycles. The van der Waals surface area contributed by atoms with E-state index in [0.29, 0.717) is 28.7 Å². The smallest absolute Gasteiger partial charge is 0.362 e. The summed E-state index contributed by atoms with van der Waals surface area (Å²) in [7, 11) is 0. The average molecular weight is 402 g/mol. The summed E-state index contributed by atoms with van der Waals surface area (Å²) in [5, 5.41) is 6.19. The highest BCUT2D eigenvalue weighted by molar-refractivity contribution is 7.98. The van der Waals surface area contributed by atoms with E-state index in [4.69, 9.17) is 12.2 Å². The normalized spacial score (nSPS) is 11.2. The fourth-order valence-corrected chi connectivity index (χ4v) is 3.26. The molecule has 0 amide bonds. The molecule has 0 heterocycles. The van der Waals surface area contributed by atoms with E-state index in [1.807, 2.05) is 6.07 Å². The zero-order valence-corrected chi connectivity index (χ0v) is 15.4. The number of hydrogen-bond acceptors (Lipinski definition) is 2. The van der Waals surface area contributed by atoms with Crippen molar-refractivity contribution >= 4 is 34.8 Å². The van der Waals surface area contributed by atoms with Crippen molar-refractivity contribution in [2.75, 3.05) is 17.6 Å². The van der Waals surface area contributed by atoms with Gasteiger partial charge < -0.3 is 10.6 Å². The lowest BCUT2D eigenvalue weighted by Crippen LogP contribution is -2.29. The van der Waals surface area contributed by atoms with Crippen molar-refractivity contribution in [2.24, 2.45) is 0 Å². The van der Waals surface area contributed by atoms with Gasteiger partial charge in [-0.1, -0.05) is 18.2 Å². The molecule has 0 radical (unpaired) electrons. The Hall–Kier alpha value is -1.80. The summed E-state index contributed by atoms with van der Waals surface area (Å²) in [4.78, 5) is 0. The first kappa shape index (κ1) is 20.5. The molecule has 2 N–H and O–H groups in total. The zero-order chi connectivity index (χ0) is 19.0. The van der Waals surface area contributed by atoms with E-state index in [0.717, 1.165) is 24.3 Å². The van der Waals surface area contributed by atoms with E-state index in [-0.39, 0.29) is 5.82 Å². The van der Waals surface area contributed by atoms with Crippen LogP contribution >= 0.6 is 24.0 Å².